The minimum absolute atomic E-state index is 0.0115. The Hall–Kier alpha value is -2.74. The molecule has 0 saturated heterocycles. The Bertz CT molecular complexity index is 1390. The van der Waals surface area contributed by atoms with Gasteiger partial charge < -0.3 is 14.8 Å². The number of hydrogen-bond donors (Lipinski definition) is 1. The largest absolute Gasteiger partial charge is 0.493 e. The Balaban J connectivity index is 1.48. The van der Waals surface area contributed by atoms with Crippen LogP contribution in [0, 0.1) is 23.0 Å². The van der Waals surface area contributed by atoms with Gasteiger partial charge in [-0.2, -0.15) is 0 Å². The number of fused-ring (bicyclic) bond motifs is 3. The molecule has 0 amide bonds. The van der Waals surface area contributed by atoms with Gasteiger partial charge in [0.15, 0.2) is 11.5 Å². The van der Waals surface area contributed by atoms with E-state index in [2.05, 4.69) is 33.4 Å². The van der Waals surface area contributed by atoms with Crippen molar-refractivity contribution in [2.75, 3.05) is 12.4 Å². The summed E-state index contributed by atoms with van der Waals surface area (Å²) in [6, 6.07) is 12.6. The van der Waals surface area contributed by atoms with Crippen molar-refractivity contribution in [1.82, 2.24) is 0 Å². The zero-order valence-corrected chi connectivity index (χ0v) is 22.7. The molecule has 3 aromatic carbocycles. The number of nitro benzene ring substituents is 1. The predicted molar refractivity (Wildman–Crippen MR) is 146 cm³/mol. The van der Waals surface area contributed by atoms with Gasteiger partial charge >= 0.3 is 0 Å². The first kappa shape index (κ1) is 24.9. The second-order valence-corrected chi connectivity index (χ2v) is 10.7. The van der Waals surface area contributed by atoms with Crippen LogP contribution in [-0.4, -0.2) is 12.0 Å². The van der Waals surface area contributed by atoms with E-state index in [4.69, 9.17) is 32.7 Å². The van der Waals surface area contributed by atoms with Crippen molar-refractivity contribution in [2.45, 2.75) is 31.9 Å². The standard InChI is InChI=1S/C27H23BrCl2N2O4/c1-14-8-18(32(33)34)12-21-19-4-3-5-20(19)26(31-25(14)21)16-9-22(28)27(24(10-16)35-2)36-13-15-6-7-17(29)11-23(15)30/h3-4,6-12,19-20,26,31H,5,13H2,1-2H3/t19-,20-,26-/m0/s1. The summed E-state index contributed by atoms with van der Waals surface area (Å²) >= 11 is 16.0. The summed E-state index contributed by atoms with van der Waals surface area (Å²) in [5, 5.41) is 16.2. The van der Waals surface area contributed by atoms with Gasteiger partial charge in [0.05, 0.1) is 22.5 Å². The maximum absolute atomic E-state index is 11.5. The minimum atomic E-state index is -0.328. The normalized spacial score (nSPS) is 19.9. The van der Waals surface area contributed by atoms with E-state index in [1.165, 1.54) is 0 Å². The number of benzene rings is 3. The molecule has 0 bridgehead atoms. The number of hydrogen-bond acceptors (Lipinski definition) is 5. The summed E-state index contributed by atoms with van der Waals surface area (Å²) in [4.78, 5) is 11.1. The van der Waals surface area contributed by atoms with Crippen LogP contribution in [0.25, 0.3) is 0 Å². The molecule has 3 aromatic rings. The van der Waals surface area contributed by atoms with Crippen molar-refractivity contribution >= 4 is 50.5 Å². The fourth-order valence-electron chi connectivity index (χ4n) is 5.15. The number of methoxy groups -OCH3 is 1. The lowest BCUT2D eigenvalue weighted by Crippen LogP contribution is -2.29. The van der Waals surface area contributed by atoms with E-state index < -0.39 is 0 Å². The highest BCUT2D eigenvalue weighted by Crippen LogP contribution is 2.52. The Morgan fingerprint density at radius 3 is 2.72 bits per heavy atom. The molecule has 1 heterocycles. The molecule has 9 heteroatoms. The number of anilines is 1. The van der Waals surface area contributed by atoms with E-state index in [0.717, 1.165) is 38.8 Å². The van der Waals surface area contributed by atoms with Crippen LogP contribution in [0.5, 0.6) is 11.5 Å². The van der Waals surface area contributed by atoms with Crippen LogP contribution >= 0.6 is 39.1 Å². The fraction of sp³-hybridized carbons (Fsp3) is 0.259. The summed E-state index contributed by atoms with van der Waals surface area (Å²) in [7, 11) is 1.61. The van der Waals surface area contributed by atoms with Crippen molar-refractivity contribution in [1.29, 1.82) is 0 Å². The molecular formula is C27H23BrCl2N2O4. The molecule has 1 aliphatic carbocycles. The predicted octanol–water partition coefficient (Wildman–Crippen LogP) is 8.39. The Morgan fingerprint density at radius 2 is 2.00 bits per heavy atom. The summed E-state index contributed by atoms with van der Waals surface area (Å²) in [6.07, 6.45) is 5.20. The van der Waals surface area contributed by atoms with Gasteiger partial charge in [0, 0.05) is 39.3 Å². The Kier molecular flexibility index (Phi) is 6.90. The van der Waals surface area contributed by atoms with Crippen molar-refractivity contribution in [3.05, 3.63) is 102 Å². The second-order valence-electron chi connectivity index (χ2n) is 9.02. The van der Waals surface area contributed by atoms with E-state index in [1.54, 1.807) is 31.4 Å². The lowest BCUT2D eigenvalue weighted by Gasteiger charge is -2.38. The molecule has 2 aliphatic rings. The minimum Gasteiger partial charge on any atom is -0.493 e. The number of nitrogens with one attached hydrogen (secondary N) is 1. The van der Waals surface area contributed by atoms with Crippen LogP contribution in [-0.2, 0) is 6.61 Å². The number of aryl methyl sites for hydroxylation is 1. The van der Waals surface area contributed by atoms with Crippen LogP contribution < -0.4 is 14.8 Å². The lowest BCUT2D eigenvalue weighted by atomic mass is 9.76. The third-order valence-corrected chi connectivity index (χ3v) is 8.04. The van der Waals surface area contributed by atoms with Gasteiger partial charge in [0.2, 0.25) is 0 Å². The zero-order valence-electron chi connectivity index (χ0n) is 19.6. The van der Waals surface area contributed by atoms with Crippen molar-refractivity contribution < 1.29 is 14.4 Å². The molecule has 0 radical (unpaired) electrons. The topological polar surface area (TPSA) is 73.6 Å². The molecule has 186 valence electrons. The molecule has 0 unspecified atom stereocenters. The molecule has 0 saturated carbocycles. The third kappa shape index (κ3) is 4.56. The van der Waals surface area contributed by atoms with Gasteiger partial charge in [-0.1, -0.05) is 41.4 Å². The second kappa shape index (κ2) is 9.96. The molecule has 5 rings (SSSR count). The van der Waals surface area contributed by atoms with Crippen LogP contribution in [0.3, 0.4) is 0 Å². The average Bonchev–Trinajstić information content (AvgIpc) is 3.33. The molecule has 0 spiro atoms. The smallest absolute Gasteiger partial charge is 0.270 e. The SMILES string of the molecule is COc1cc([C@@H]2Nc3c(C)cc([N+](=O)[O-])cc3[C@H]3C=CC[C@@H]32)cc(Br)c1OCc1ccc(Cl)cc1Cl. The molecule has 0 fully saturated rings. The molecule has 0 aromatic heterocycles. The molecule has 36 heavy (non-hydrogen) atoms. The highest BCUT2D eigenvalue weighted by Gasteiger charge is 2.40. The van der Waals surface area contributed by atoms with Gasteiger partial charge in [0.1, 0.15) is 6.61 Å². The highest BCUT2D eigenvalue weighted by atomic mass is 79.9. The Morgan fingerprint density at radius 1 is 1.19 bits per heavy atom. The number of nitrogens with zero attached hydrogens (tertiary/aromatic N) is 1. The number of nitro groups is 1. The zero-order chi connectivity index (χ0) is 25.6. The maximum Gasteiger partial charge on any atom is 0.270 e. The first-order valence-electron chi connectivity index (χ1n) is 11.4. The van der Waals surface area contributed by atoms with Crippen LogP contribution in [0.1, 0.15) is 40.6 Å². The third-order valence-electron chi connectivity index (χ3n) is 6.86. The van der Waals surface area contributed by atoms with Crippen LogP contribution in [0.2, 0.25) is 10.0 Å². The summed E-state index contributed by atoms with van der Waals surface area (Å²) in [5.41, 5.74) is 4.76. The fourth-order valence-corrected chi connectivity index (χ4v) is 6.19. The van der Waals surface area contributed by atoms with Gasteiger partial charge in [-0.05, 0) is 76.1 Å². The first-order valence-corrected chi connectivity index (χ1v) is 13.0. The first-order chi connectivity index (χ1) is 17.3. The van der Waals surface area contributed by atoms with E-state index in [1.807, 2.05) is 25.1 Å². The number of halogens is 3. The lowest BCUT2D eigenvalue weighted by molar-refractivity contribution is -0.385. The molecular weight excluding hydrogens is 567 g/mol. The van der Waals surface area contributed by atoms with Crippen molar-refractivity contribution in [3.63, 3.8) is 0 Å². The number of rotatable bonds is 6. The molecule has 3 atom stereocenters. The van der Waals surface area contributed by atoms with Gasteiger partial charge in [0.25, 0.3) is 5.69 Å². The molecule has 6 nitrogen and oxygen atoms in total. The van der Waals surface area contributed by atoms with E-state index in [0.29, 0.717) is 21.5 Å². The number of allylic oxidation sites excluding steroid dienone is 2. The number of non-ortho nitro benzene ring substituents is 1. The summed E-state index contributed by atoms with van der Waals surface area (Å²) < 4.78 is 12.6. The van der Waals surface area contributed by atoms with Crippen molar-refractivity contribution in [3.8, 4) is 11.5 Å². The molecule has 1 N–H and O–H groups in total. The van der Waals surface area contributed by atoms with Gasteiger partial charge in [-0.3, -0.25) is 10.1 Å². The number of ether oxygens (including phenoxy) is 2. The van der Waals surface area contributed by atoms with Crippen molar-refractivity contribution in [2.24, 2.45) is 5.92 Å². The van der Waals surface area contributed by atoms with Gasteiger partial charge in [-0.15, -0.1) is 0 Å². The van der Waals surface area contributed by atoms with Crippen LogP contribution in [0.15, 0.2) is 59.1 Å². The Labute approximate surface area is 227 Å². The highest BCUT2D eigenvalue weighted by molar-refractivity contribution is 9.10. The average molecular weight is 590 g/mol. The monoisotopic (exact) mass is 588 g/mol. The maximum atomic E-state index is 11.5. The summed E-state index contributed by atoms with van der Waals surface area (Å²) in [5.74, 6) is 1.49. The van der Waals surface area contributed by atoms with Gasteiger partial charge in [-0.25, -0.2) is 0 Å². The van der Waals surface area contributed by atoms with E-state index in [9.17, 15) is 10.1 Å². The quantitative estimate of drug-likeness (QED) is 0.177. The summed E-state index contributed by atoms with van der Waals surface area (Å²) in [6.45, 7) is 2.16. The van der Waals surface area contributed by atoms with Crippen LogP contribution in [0.4, 0.5) is 11.4 Å². The van der Waals surface area contributed by atoms with E-state index in [-0.39, 0.29) is 35.1 Å². The molecule has 1 aliphatic heterocycles. The van der Waals surface area contributed by atoms with E-state index >= 15 is 0 Å².